The number of para-hydroxylation sites is 3. The van der Waals surface area contributed by atoms with Crippen molar-refractivity contribution >= 4 is 57.9 Å². The third-order valence-corrected chi connectivity index (χ3v) is 6.18. The molecule has 162 valence electrons. The van der Waals surface area contributed by atoms with Gasteiger partial charge in [0.05, 0.1) is 17.7 Å². The molecular formula is C24H17Cl2NO4S. The molecule has 4 rings (SSSR count). The minimum absolute atomic E-state index is 0.226. The van der Waals surface area contributed by atoms with Crippen molar-refractivity contribution in [1.29, 1.82) is 0 Å². The number of carbonyl (C=O) groups excluding carboxylic acids is 2. The number of imide groups is 1. The Morgan fingerprint density at radius 1 is 0.969 bits per heavy atom. The summed E-state index contributed by atoms with van der Waals surface area (Å²) in [4.78, 5) is 27.1. The minimum atomic E-state index is -0.417. The fourth-order valence-corrected chi connectivity index (χ4v) is 4.44. The normalized spacial score (nSPS) is 14.8. The van der Waals surface area contributed by atoms with E-state index in [1.807, 2.05) is 18.2 Å². The molecule has 0 radical (unpaired) electrons. The number of amides is 2. The number of nitrogens with zero attached hydrogens (tertiary/aromatic N) is 1. The number of carbonyl (C=O) groups is 2. The van der Waals surface area contributed by atoms with Crippen LogP contribution in [0, 0.1) is 0 Å². The molecular weight excluding hydrogens is 469 g/mol. The lowest BCUT2D eigenvalue weighted by atomic mass is 10.1. The molecule has 0 spiro atoms. The van der Waals surface area contributed by atoms with Crippen molar-refractivity contribution in [2.24, 2.45) is 0 Å². The molecule has 0 bridgehead atoms. The van der Waals surface area contributed by atoms with E-state index in [4.69, 9.17) is 32.7 Å². The molecule has 3 aromatic carbocycles. The number of hydrogen-bond donors (Lipinski definition) is 0. The van der Waals surface area contributed by atoms with Gasteiger partial charge in [0.2, 0.25) is 0 Å². The lowest BCUT2D eigenvalue weighted by Crippen LogP contribution is -2.28. The minimum Gasteiger partial charge on any atom is -0.495 e. The molecule has 5 nitrogen and oxygen atoms in total. The van der Waals surface area contributed by atoms with E-state index in [1.54, 1.807) is 54.6 Å². The highest BCUT2D eigenvalue weighted by molar-refractivity contribution is 8.19. The summed E-state index contributed by atoms with van der Waals surface area (Å²) in [6.07, 6.45) is 1.65. The Morgan fingerprint density at radius 3 is 2.44 bits per heavy atom. The molecule has 0 aliphatic carbocycles. The SMILES string of the molecule is COc1ccccc1N1C(=O)S/C(=C\c2ccccc2OCc2ccc(Cl)cc2Cl)C1=O. The molecule has 1 aliphatic heterocycles. The number of benzene rings is 3. The fourth-order valence-electron chi connectivity index (χ4n) is 3.16. The molecule has 0 aromatic heterocycles. The van der Waals surface area contributed by atoms with Crippen LogP contribution in [-0.4, -0.2) is 18.3 Å². The van der Waals surface area contributed by atoms with E-state index in [9.17, 15) is 9.59 Å². The second-order valence-electron chi connectivity index (χ2n) is 6.75. The molecule has 3 aromatic rings. The molecule has 32 heavy (non-hydrogen) atoms. The van der Waals surface area contributed by atoms with Gasteiger partial charge in [-0.15, -0.1) is 0 Å². The molecule has 2 amide bonds. The second kappa shape index (κ2) is 9.69. The molecule has 1 fully saturated rings. The van der Waals surface area contributed by atoms with Crippen molar-refractivity contribution in [2.45, 2.75) is 6.61 Å². The average Bonchev–Trinajstić information content (AvgIpc) is 3.06. The summed E-state index contributed by atoms with van der Waals surface area (Å²) in [5, 5.41) is 0.662. The number of rotatable bonds is 6. The predicted octanol–water partition coefficient (Wildman–Crippen LogP) is 6.82. The van der Waals surface area contributed by atoms with Crippen molar-refractivity contribution < 1.29 is 19.1 Å². The van der Waals surface area contributed by atoms with Gasteiger partial charge in [0.15, 0.2) is 0 Å². The maximum absolute atomic E-state index is 13.0. The van der Waals surface area contributed by atoms with Crippen molar-refractivity contribution in [1.82, 2.24) is 0 Å². The van der Waals surface area contributed by atoms with Gasteiger partial charge in [-0.05, 0) is 48.2 Å². The highest BCUT2D eigenvalue weighted by Gasteiger charge is 2.37. The summed E-state index contributed by atoms with van der Waals surface area (Å²) in [5.41, 5.74) is 1.85. The molecule has 1 heterocycles. The topological polar surface area (TPSA) is 55.8 Å². The summed E-state index contributed by atoms with van der Waals surface area (Å²) >= 11 is 13.0. The van der Waals surface area contributed by atoms with Gasteiger partial charge < -0.3 is 9.47 Å². The third-order valence-electron chi connectivity index (χ3n) is 4.72. The lowest BCUT2D eigenvalue weighted by molar-refractivity contribution is -0.113. The summed E-state index contributed by atoms with van der Waals surface area (Å²) in [7, 11) is 1.49. The van der Waals surface area contributed by atoms with Gasteiger partial charge in [-0.2, -0.15) is 0 Å². The Labute approximate surface area is 199 Å². The summed E-state index contributed by atoms with van der Waals surface area (Å²) < 4.78 is 11.3. The Kier molecular flexibility index (Phi) is 6.74. The zero-order valence-corrected chi connectivity index (χ0v) is 19.2. The van der Waals surface area contributed by atoms with Crippen molar-refractivity contribution in [2.75, 3.05) is 12.0 Å². The third kappa shape index (κ3) is 4.63. The Morgan fingerprint density at radius 2 is 1.69 bits per heavy atom. The smallest absolute Gasteiger partial charge is 0.298 e. The van der Waals surface area contributed by atoms with E-state index in [2.05, 4.69) is 0 Å². The first kappa shape index (κ1) is 22.3. The van der Waals surface area contributed by atoms with Gasteiger partial charge in [-0.1, -0.05) is 59.6 Å². The number of ether oxygens (including phenoxy) is 2. The van der Waals surface area contributed by atoms with E-state index < -0.39 is 11.1 Å². The van der Waals surface area contributed by atoms with E-state index in [0.717, 1.165) is 22.2 Å². The fraction of sp³-hybridized carbons (Fsp3) is 0.0833. The summed E-state index contributed by atoms with van der Waals surface area (Å²) in [6, 6.07) is 19.4. The van der Waals surface area contributed by atoms with Crippen LogP contribution in [0.15, 0.2) is 71.6 Å². The first-order chi connectivity index (χ1) is 15.5. The number of methoxy groups -OCH3 is 1. The van der Waals surface area contributed by atoms with Crippen LogP contribution >= 0.6 is 35.0 Å². The van der Waals surface area contributed by atoms with Crippen molar-refractivity contribution in [3.8, 4) is 11.5 Å². The van der Waals surface area contributed by atoms with Crippen LogP contribution in [-0.2, 0) is 11.4 Å². The largest absolute Gasteiger partial charge is 0.495 e. The predicted molar refractivity (Wildman–Crippen MR) is 129 cm³/mol. The van der Waals surface area contributed by atoms with Crippen LogP contribution in [0.1, 0.15) is 11.1 Å². The summed E-state index contributed by atoms with van der Waals surface area (Å²) in [5.74, 6) is 0.585. The van der Waals surface area contributed by atoms with E-state index in [-0.39, 0.29) is 6.61 Å². The van der Waals surface area contributed by atoms with Gasteiger partial charge in [0.1, 0.15) is 18.1 Å². The van der Waals surface area contributed by atoms with Crippen molar-refractivity contribution in [3.05, 3.63) is 92.8 Å². The first-order valence-electron chi connectivity index (χ1n) is 9.54. The average molecular weight is 486 g/mol. The highest BCUT2D eigenvalue weighted by atomic mass is 35.5. The quantitative estimate of drug-likeness (QED) is 0.358. The standard InChI is InChI=1S/C24H17Cl2NO4S/c1-30-21-9-5-3-7-19(21)27-23(28)22(32-24(27)29)12-15-6-2-4-8-20(15)31-14-16-10-11-17(25)13-18(16)26/h2-13H,14H2,1H3/b22-12-. The Bertz CT molecular complexity index is 1230. The molecule has 0 saturated carbocycles. The maximum Gasteiger partial charge on any atom is 0.298 e. The van der Waals surface area contributed by atoms with Gasteiger partial charge in [0, 0.05) is 21.2 Å². The van der Waals surface area contributed by atoms with Crippen LogP contribution in [0.5, 0.6) is 11.5 Å². The number of halogens is 2. The van der Waals surface area contributed by atoms with Crippen LogP contribution in [0.3, 0.4) is 0 Å². The van der Waals surface area contributed by atoms with Gasteiger partial charge in [-0.25, -0.2) is 4.90 Å². The van der Waals surface area contributed by atoms with Crippen molar-refractivity contribution in [3.63, 3.8) is 0 Å². The van der Waals surface area contributed by atoms with Gasteiger partial charge >= 0.3 is 0 Å². The van der Waals surface area contributed by atoms with E-state index >= 15 is 0 Å². The molecule has 0 N–H and O–H groups in total. The zero-order chi connectivity index (χ0) is 22.7. The summed E-state index contributed by atoms with van der Waals surface area (Å²) in [6.45, 7) is 0.226. The second-order valence-corrected chi connectivity index (χ2v) is 8.59. The van der Waals surface area contributed by atoms with Crippen LogP contribution in [0.4, 0.5) is 10.5 Å². The molecule has 1 aliphatic rings. The van der Waals surface area contributed by atoms with Crippen LogP contribution in [0.2, 0.25) is 10.0 Å². The van der Waals surface area contributed by atoms with Crippen LogP contribution in [0.25, 0.3) is 6.08 Å². The zero-order valence-electron chi connectivity index (χ0n) is 16.9. The molecule has 8 heteroatoms. The maximum atomic E-state index is 13.0. The van der Waals surface area contributed by atoms with E-state index in [0.29, 0.717) is 37.7 Å². The Hall–Kier alpha value is -2.93. The molecule has 1 saturated heterocycles. The number of thioether (sulfide) groups is 1. The number of hydrogen-bond acceptors (Lipinski definition) is 5. The van der Waals surface area contributed by atoms with Crippen LogP contribution < -0.4 is 14.4 Å². The lowest BCUT2D eigenvalue weighted by Gasteiger charge is -2.15. The molecule has 0 unspecified atom stereocenters. The van der Waals surface area contributed by atoms with Gasteiger partial charge in [-0.3, -0.25) is 9.59 Å². The van der Waals surface area contributed by atoms with Gasteiger partial charge in [0.25, 0.3) is 11.1 Å². The first-order valence-corrected chi connectivity index (χ1v) is 11.1. The van der Waals surface area contributed by atoms with E-state index in [1.165, 1.54) is 7.11 Å². The molecule has 0 atom stereocenters. The number of anilines is 1. The highest BCUT2D eigenvalue weighted by Crippen LogP contribution is 2.40. The monoisotopic (exact) mass is 485 g/mol. The Balaban J connectivity index is 1.59.